The maximum atomic E-state index is 9.65. The van der Waals surface area contributed by atoms with E-state index in [-0.39, 0.29) is 23.7 Å². The third-order valence-corrected chi connectivity index (χ3v) is 3.89. The van der Waals surface area contributed by atoms with Gasteiger partial charge in [0.2, 0.25) is 0 Å². The van der Waals surface area contributed by atoms with Gasteiger partial charge >= 0.3 is 0 Å². The quantitative estimate of drug-likeness (QED) is 0.846. The molecule has 3 nitrogen and oxygen atoms in total. The summed E-state index contributed by atoms with van der Waals surface area (Å²) in [7, 11) is 0. The van der Waals surface area contributed by atoms with E-state index >= 15 is 0 Å². The molecule has 0 saturated carbocycles. The second kappa shape index (κ2) is 4.56. The van der Waals surface area contributed by atoms with Gasteiger partial charge in [0, 0.05) is 17.9 Å². The van der Waals surface area contributed by atoms with Crippen molar-refractivity contribution in [1.29, 1.82) is 0 Å². The Kier molecular flexibility index (Phi) is 3.39. The summed E-state index contributed by atoms with van der Waals surface area (Å²) in [5.74, 6) is 0.303. The van der Waals surface area contributed by atoms with Crippen molar-refractivity contribution in [2.24, 2.45) is 5.73 Å². The predicted molar refractivity (Wildman–Crippen MR) is 72.8 cm³/mol. The summed E-state index contributed by atoms with van der Waals surface area (Å²) < 4.78 is 5.94. The number of ether oxygens (including phenoxy) is 1. The normalized spacial score (nSPS) is 26.1. The van der Waals surface area contributed by atoms with Gasteiger partial charge in [0.1, 0.15) is 5.75 Å². The summed E-state index contributed by atoms with van der Waals surface area (Å²) in [4.78, 5) is 0. The van der Waals surface area contributed by atoms with E-state index in [9.17, 15) is 5.11 Å². The number of phenols is 1. The molecular weight excluding hydrogens is 226 g/mol. The molecule has 0 aliphatic heterocycles. The van der Waals surface area contributed by atoms with Gasteiger partial charge in [0.25, 0.3) is 0 Å². The molecule has 3 heteroatoms. The van der Waals surface area contributed by atoms with E-state index in [1.54, 1.807) is 6.07 Å². The van der Waals surface area contributed by atoms with Gasteiger partial charge in [-0.2, -0.15) is 0 Å². The first-order chi connectivity index (χ1) is 8.32. The summed E-state index contributed by atoms with van der Waals surface area (Å²) in [5.41, 5.74) is 8.54. The minimum Gasteiger partial charge on any atom is -0.508 e. The van der Waals surface area contributed by atoms with Crippen molar-refractivity contribution in [3.63, 3.8) is 0 Å². The largest absolute Gasteiger partial charge is 0.508 e. The van der Waals surface area contributed by atoms with Gasteiger partial charge in [-0.15, -0.1) is 0 Å². The smallest absolute Gasteiger partial charge is 0.115 e. The number of nitrogens with two attached hydrogens (primary N) is 1. The van der Waals surface area contributed by atoms with E-state index in [0.717, 1.165) is 12.0 Å². The molecule has 0 aromatic heterocycles. The number of rotatable bonds is 2. The van der Waals surface area contributed by atoms with Gasteiger partial charge < -0.3 is 15.6 Å². The van der Waals surface area contributed by atoms with Crippen molar-refractivity contribution in [2.45, 2.75) is 57.8 Å². The maximum absolute atomic E-state index is 9.65. The van der Waals surface area contributed by atoms with Crippen molar-refractivity contribution < 1.29 is 9.84 Å². The van der Waals surface area contributed by atoms with Crippen molar-refractivity contribution in [1.82, 2.24) is 0 Å². The van der Waals surface area contributed by atoms with Crippen LogP contribution in [0.2, 0.25) is 0 Å². The number of phenolic OH excluding ortho intramolecular Hbond substituents is 1. The molecule has 1 aromatic rings. The van der Waals surface area contributed by atoms with Crippen LogP contribution in [-0.4, -0.2) is 23.4 Å². The number of benzene rings is 1. The standard InChI is InChI=1S/C15H23NO2/c1-9(2)18-13-7-10-5-6-11(17)8-12(10)15(3,4)14(13)16/h5-6,8-9,13-14,17H,7,16H2,1-4H3. The Morgan fingerprint density at radius 3 is 2.67 bits per heavy atom. The van der Waals surface area contributed by atoms with Gasteiger partial charge in [0.15, 0.2) is 0 Å². The SMILES string of the molecule is CC(C)OC1Cc2ccc(O)cc2C(C)(C)C1N. The molecule has 0 heterocycles. The van der Waals surface area contributed by atoms with Crippen LogP contribution in [0, 0.1) is 0 Å². The van der Waals surface area contributed by atoms with E-state index in [1.807, 2.05) is 26.0 Å². The van der Waals surface area contributed by atoms with Crippen LogP contribution in [0.1, 0.15) is 38.8 Å². The van der Waals surface area contributed by atoms with Gasteiger partial charge in [0.05, 0.1) is 12.2 Å². The molecule has 0 amide bonds. The lowest BCUT2D eigenvalue weighted by molar-refractivity contribution is -0.0242. The minimum atomic E-state index is -0.189. The lowest BCUT2D eigenvalue weighted by Gasteiger charge is -2.43. The van der Waals surface area contributed by atoms with Crippen LogP contribution in [0.5, 0.6) is 5.75 Å². The zero-order valence-corrected chi connectivity index (χ0v) is 11.6. The zero-order chi connectivity index (χ0) is 13.5. The number of hydrogen-bond acceptors (Lipinski definition) is 3. The van der Waals surface area contributed by atoms with E-state index in [1.165, 1.54) is 5.56 Å². The fourth-order valence-corrected chi connectivity index (χ4v) is 2.81. The highest BCUT2D eigenvalue weighted by Crippen LogP contribution is 2.39. The highest BCUT2D eigenvalue weighted by molar-refractivity contribution is 5.43. The summed E-state index contributed by atoms with van der Waals surface area (Å²) >= 11 is 0. The van der Waals surface area contributed by atoms with Crippen LogP contribution in [0.4, 0.5) is 0 Å². The number of hydrogen-bond donors (Lipinski definition) is 2. The monoisotopic (exact) mass is 249 g/mol. The zero-order valence-electron chi connectivity index (χ0n) is 11.6. The molecule has 2 unspecified atom stereocenters. The topological polar surface area (TPSA) is 55.5 Å². The molecule has 2 rings (SSSR count). The Labute approximate surface area is 109 Å². The second-order valence-corrected chi connectivity index (χ2v) is 6.02. The Morgan fingerprint density at radius 2 is 2.06 bits per heavy atom. The van der Waals surface area contributed by atoms with Crippen molar-refractivity contribution in [3.05, 3.63) is 29.3 Å². The molecular formula is C15H23NO2. The Bertz CT molecular complexity index is 440. The van der Waals surface area contributed by atoms with Crippen LogP contribution in [0.15, 0.2) is 18.2 Å². The summed E-state index contributed by atoms with van der Waals surface area (Å²) in [5, 5.41) is 9.65. The van der Waals surface area contributed by atoms with E-state index in [4.69, 9.17) is 10.5 Å². The molecule has 0 bridgehead atoms. The minimum absolute atomic E-state index is 0.0389. The molecule has 1 aliphatic carbocycles. The molecule has 0 saturated heterocycles. The first kappa shape index (κ1) is 13.4. The van der Waals surface area contributed by atoms with Crippen LogP contribution in [0.3, 0.4) is 0 Å². The summed E-state index contributed by atoms with van der Waals surface area (Å²) in [6, 6.07) is 5.49. The molecule has 1 aliphatic rings. The highest BCUT2D eigenvalue weighted by Gasteiger charge is 2.41. The summed E-state index contributed by atoms with van der Waals surface area (Å²) in [6.07, 6.45) is 1.03. The highest BCUT2D eigenvalue weighted by atomic mass is 16.5. The van der Waals surface area contributed by atoms with Gasteiger partial charge in [-0.1, -0.05) is 19.9 Å². The lowest BCUT2D eigenvalue weighted by Crippen LogP contribution is -2.55. The van der Waals surface area contributed by atoms with Gasteiger partial charge in [-0.25, -0.2) is 0 Å². The number of aromatic hydroxyl groups is 1. The van der Waals surface area contributed by atoms with Crippen LogP contribution in [-0.2, 0) is 16.6 Å². The van der Waals surface area contributed by atoms with Crippen molar-refractivity contribution in [3.8, 4) is 5.75 Å². The van der Waals surface area contributed by atoms with Crippen molar-refractivity contribution in [2.75, 3.05) is 0 Å². The lowest BCUT2D eigenvalue weighted by atomic mass is 9.68. The Morgan fingerprint density at radius 1 is 1.39 bits per heavy atom. The average molecular weight is 249 g/mol. The molecule has 1 aromatic carbocycles. The summed E-state index contributed by atoms with van der Waals surface area (Å²) in [6.45, 7) is 8.30. The van der Waals surface area contributed by atoms with E-state index < -0.39 is 0 Å². The first-order valence-electron chi connectivity index (χ1n) is 6.55. The van der Waals surface area contributed by atoms with E-state index in [0.29, 0.717) is 5.75 Å². The Hall–Kier alpha value is -1.06. The number of fused-ring (bicyclic) bond motifs is 1. The fraction of sp³-hybridized carbons (Fsp3) is 0.600. The average Bonchev–Trinajstić information content (AvgIpc) is 2.27. The third-order valence-electron chi connectivity index (χ3n) is 3.89. The molecule has 0 fully saturated rings. The molecule has 3 N–H and O–H groups in total. The van der Waals surface area contributed by atoms with E-state index in [2.05, 4.69) is 13.8 Å². The predicted octanol–water partition coefficient (Wildman–Crippen LogP) is 2.35. The second-order valence-electron chi connectivity index (χ2n) is 6.02. The molecule has 0 spiro atoms. The molecule has 18 heavy (non-hydrogen) atoms. The van der Waals surface area contributed by atoms with Crippen LogP contribution < -0.4 is 5.73 Å². The van der Waals surface area contributed by atoms with Crippen LogP contribution in [0.25, 0.3) is 0 Å². The van der Waals surface area contributed by atoms with Gasteiger partial charge in [-0.05, 0) is 37.1 Å². The fourth-order valence-electron chi connectivity index (χ4n) is 2.81. The molecule has 2 atom stereocenters. The first-order valence-corrected chi connectivity index (χ1v) is 6.55. The van der Waals surface area contributed by atoms with Gasteiger partial charge in [-0.3, -0.25) is 0 Å². The maximum Gasteiger partial charge on any atom is 0.115 e. The Balaban J connectivity index is 2.40. The van der Waals surface area contributed by atoms with Crippen molar-refractivity contribution >= 4 is 0 Å². The van der Waals surface area contributed by atoms with Crippen LogP contribution >= 0.6 is 0 Å². The third kappa shape index (κ3) is 2.25. The molecule has 0 radical (unpaired) electrons. The molecule has 100 valence electrons.